The van der Waals surface area contributed by atoms with E-state index in [-0.39, 0.29) is 11.9 Å². The lowest BCUT2D eigenvalue weighted by atomic mass is 10.1. The molecule has 3 N–H and O–H groups in total. The van der Waals surface area contributed by atoms with Crippen LogP contribution in [0.15, 0.2) is 5.16 Å². The summed E-state index contributed by atoms with van der Waals surface area (Å²) < 4.78 is 5.57. The molecule has 0 radical (unpaired) electrons. The molecule has 1 aliphatic heterocycles. The molecule has 0 aromatic rings. The molecular weight excluding hydrogens is 206 g/mol. The van der Waals surface area contributed by atoms with E-state index in [1.165, 1.54) is 12.8 Å². The fraction of sp³-hybridized carbons (Fsp3) is 0.909. The van der Waals surface area contributed by atoms with Crippen molar-refractivity contribution >= 4 is 5.84 Å². The molecule has 1 aliphatic rings. The second-order valence-electron chi connectivity index (χ2n) is 4.55. The van der Waals surface area contributed by atoms with Crippen LogP contribution in [0.2, 0.25) is 0 Å². The fourth-order valence-electron chi connectivity index (χ4n) is 1.94. The first-order valence-corrected chi connectivity index (χ1v) is 5.91. The van der Waals surface area contributed by atoms with E-state index < -0.39 is 0 Å². The van der Waals surface area contributed by atoms with Crippen molar-refractivity contribution in [3.8, 4) is 0 Å². The molecule has 0 amide bonds. The fourth-order valence-corrected chi connectivity index (χ4v) is 1.94. The van der Waals surface area contributed by atoms with Gasteiger partial charge in [-0.05, 0) is 33.2 Å². The van der Waals surface area contributed by atoms with Crippen molar-refractivity contribution in [3.63, 3.8) is 0 Å². The van der Waals surface area contributed by atoms with Crippen molar-refractivity contribution < 1.29 is 9.94 Å². The zero-order chi connectivity index (χ0) is 12.0. The molecule has 0 aromatic heterocycles. The highest BCUT2D eigenvalue weighted by Crippen LogP contribution is 2.16. The molecule has 1 heterocycles. The number of oxime groups is 1. The largest absolute Gasteiger partial charge is 0.409 e. The summed E-state index contributed by atoms with van der Waals surface area (Å²) in [6.45, 7) is 3.98. The van der Waals surface area contributed by atoms with Gasteiger partial charge in [-0.25, -0.2) is 0 Å². The Labute approximate surface area is 97.2 Å². The molecule has 94 valence electrons. The van der Waals surface area contributed by atoms with Crippen LogP contribution < -0.4 is 5.73 Å². The molecule has 1 fully saturated rings. The molecule has 0 saturated carbocycles. The summed E-state index contributed by atoms with van der Waals surface area (Å²) in [4.78, 5) is 2.22. The van der Waals surface area contributed by atoms with Crippen molar-refractivity contribution in [2.24, 2.45) is 10.9 Å². The van der Waals surface area contributed by atoms with Gasteiger partial charge < -0.3 is 20.6 Å². The van der Waals surface area contributed by atoms with Gasteiger partial charge in [-0.2, -0.15) is 0 Å². The number of nitrogens with two attached hydrogens (primary N) is 1. The highest BCUT2D eigenvalue weighted by molar-refractivity contribution is 5.80. The Bertz CT molecular complexity index is 227. The highest BCUT2D eigenvalue weighted by atomic mass is 16.5. The van der Waals surface area contributed by atoms with Crippen LogP contribution >= 0.6 is 0 Å². The number of hydrogen-bond donors (Lipinski definition) is 2. The lowest BCUT2D eigenvalue weighted by Gasteiger charge is -2.25. The molecule has 0 aliphatic carbocycles. The van der Waals surface area contributed by atoms with Crippen LogP contribution in [0.1, 0.15) is 32.6 Å². The van der Waals surface area contributed by atoms with Crippen LogP contribution in [-0.2, 0) is 4.74 Å². The lowest BCUT2D eigenvalue weighted by Crippen LogP contribution is -2.35. The van der Waals surface area contributed by atoms with Gasteiger partial charge in [-0.15, -0.1) is 0 Å². The predicted molar refractivity (Wildman–Crippen MR) is 63.7 cm³/mol. The number of amidine groups is 1. The summed E-state index contributed by atoms with van der Waals surface area (Å²) in [5.74, 6) is 0.288. The van der Waals surface area contributed by atoms with Crippen molar-refractivity contribution in [2.45, 2.75) is 44.8 Å². The maximum Gasteiger partial charge on any atom is 0.140 e. The Morgan fingerprint density at radius 3 is 3.00 bits per heavy atom. The Balaban J connectivity index is 2.19. The molecule has 1 saturated heterocycles. The van der Waals surface area contributed by atoms with Crippen molar-refractivity contribution in [1.29, 1.82) is 0 Å². The standard InChI is InChI=1S/C11H23N3O2/c1-9(8-11(12)13-15)14(2)6-5-10-4-3-7-16-10/h9-10,15H,3-8H2,1-2H3,(H2,12,13). The maximum atomic E-state index is 8.49. The van der Waals surface area contributed by atoms with Crippen LogP contribution in [0.5, 0.6) is 0 Å². The minimum atomic E-state index is 0.288. The van der Waals surface area contributed by atoms with Gasteiger partial charge in [0, 0.05) is 25.6 Å². The molecule has 2 unspecified atom stereocenters. The summed E-state index contributed by atoms with van der Waals surface area (Å²) in [5, 5.41) is 11.5. The molecule has 5 heteroatoms. The Morgan fingerprint density at radius 2 is 2.44 bits per heavy atom. The first-order chi connectivity index (χ1) is 7.63. The first kappa shape index (κ1) is 13.3. The summed E-state index contributed by atoms with van der Waals surface area (Å²) in [6.07, 6.45) is 4.46. The molecule has 1 rings (SSSR count). The smallest absolute Gasteiger partial charge is 0.140 e. The van der Waals surface area contributed by atoms with Crippen molar-refractivity contribution in [2.75, 3.05) is 20.2 Å². The summed E-state index contributed by atoms with van der Waals surface area (Å²) in [6, 6.07) is 0.289. The molecule has 2 atom stereocenters. The Kier molecular flexibility index (Phi) is 5.55. The Morgan fingerprint density at radius 1 is 1.69 bits per heavy atom. The molecule has 0 aromatic carbocycles. The molecular formula is C11H23N3O2. The van der Waals surface area contributed by atoms with E-state index in [2.05, 4.69) is 24.0 Å². The summed E-state index contributed by atoms with van der Waals surface area (Å²) in [5.41, 5.74) is 5.48. The van der Waals surface area contributed by atoms with Gasteiger partial charge in [0.2, 0.25) is 0 Å². The van der Waals surface area contributed by atoms with Crippen molar-refractivity contribution in [1.82, 2.24) is 4.90 Å². The van der Waals surface area contributed by atoms with Crippen LogP contribution in [0, 0.1) is 0 Å². The van der Waals surface area contributed by atoms with Crippen molar-refractivity contribution in [3.05, 3.63) is 0 Å². The Hall–Kier alpha value is -0.810. The second-order valence-corrected chi connectivity index (χ2v) is 4.55. The number of hydrogen-bond acceptors (Lipinski definition) is 4. The normalized spacial score (nSPS) is 23.9. The average molecular weight is 229 g/mol. The molecule has 0 bridgehead atoms. The zero-order valence-corrected chi connectivity index (χ0v) is 10.2. The average Bonchev–Trinajstić information content (AvgIpc) is 2.78. The predicted octanol–water partition coefficient (Wildman–Crippen LogP) is 1.01. The van der Waals surface area contributed by atoms with Crippen LogP contribution in [0.25, 0.3) is 0 Å². The SMILES string of the molecule is CC(CC(N)=NO)N(C)CCC1CCCO1. The van der Waals surface area contributed by atoms with E-state index in [1.807, 2.05) is 0 Å². The van der Waals surface area contributed by atoms with E-state index in [0.29, 0.717) is 12.5 Å². The maximum absolute atomic E-state index is 8.49. The lowest BCUT2D eigenvalue weighted by molar-refractivity contribution is 0.0911. The molecule has 5 nitrogen and oxygen atoms in total. The van der Waals surface area contributed by atoms with Crippen LogP contribution in [-0.4, -0.2) is 48.3 Å². The topological polar surface area (TPSA) is 71.1 Å². The van der Waals surface area contributed by atoms with Crippen LogP contribution in [0.4, 0.5) is 0 Å². The van der Waals surface area contributed by atoms with Gasteiger partial charge in [0.25, 0.3) is 0 Å². The summed E-state index contributed by atoms with van der Waals surface area (Å²) >= 11 is 0. The monoisotopic (exact) mass is 229 g/mol. The third-order valence-electron chi connectivity index (χ3n) is 3.21. The zero-order valence-electron chi connectivity index (χ0n) is 10.2. The van der Waals surface area contributed by atoms with E-state index in [4.69, 9.17) is 15.7 Å². The number of ether oxygens (including phenoxy) is 1. The minimum absolute atomic E-state index is 0.288. The minimum Gasteiger partial charge on any atom is -0.409 e. The molecule has 16 heavy (non-hydrogen) atoms. The van der Waals surface area contributed by atoms with Gasteiger partial charge in [0.05, 0.1) is 6.10 Å². The van der Waals surface area contributed by atoms with Gasteiger partial charge in [0.1, 0.15) is 5.84 Å². The van der Waals surface area contributed by atoms with Gasteiger partial charge in [-0.3, -0.25) is 0 Å². The second kappa shape index (κ2) is 6.70. The van der Waals surface area contributed by atoms with Gasteiger partial charge in [-0.1, -0.05) is 5.16 Å². The third-order valence-corrected chi connectivity index (χ3v) is 3.21. The van der Waals surface area contributed by atoms with Gasteiger partial charge in [0.15, 0.2) is 0 Å². The first-order valence-electron chi connectivity index (χ1n) is 5.91. The molecule has 0 spiro atoms. The third kappa shape index (κ3) is 4.37. The van der Waals surface area contributed by atoms with E-state index >= 15 is 0 Å². The van der Waals surface area contributed by atoms with E-state index in [1.54, 1.807) is 0 Å². The highest BCUT2D eigenvalue weighted by Gasteiger charge is 2.17. The summed E-state index contributed by atoms with van der Waals surface area (Å²) in [7, 11) is 2.06. The van der Waals surface area contributed by atoms with Crippen LogP contribution in [0.3, 0.4) is 0 Å². The number of nitrogens with zero attached hydrogens (tertiary/aromatic N) is 2. The quantitative estimate of drug-likeness (QED) is 0.309. The van der Waals surface area contributed by atoms with E-state index in [9.17, 15) is 0 Å². The van der Waals surface area contributed by atoms with E-state index in [0.717, 1.165) is 19.6 Å². The van der Waals surface area contributed by atoms with Gasteiger partial charge >= 0.3 is 0 Å². The number of rotatable bonds is 6.